The number of benzene rings is 3. The van der Waals surface area contributed by atoms with Crippen LogP contribution in [0.15, 0.2) is 79.4 Å². The second kappa shape index (κ2) is 17.1. The summed E-state index contributed by atoms with van der Waals surface area (Å²) in [5.41, 5.74) is 2.64. The molecule has 0 fully saturated rings. The molecule has 0 heterocycles. The Labute approximate surface area is 245 Å². The van der Waals surface area contributed by atoms with Crippen LogP contribution in [-0.4, -0.2) is 23.5 Å². The average molecular weight is 557 g/mol. The highest BCUT2D eigenvalue weighted by Gasteiger charge is 2.19. The molecule has 0 aliphatic rings. The second-order valence-corrected chi connectivity index (χ2v) is 10.6. The number of rotatable bonds is 18. The number of ether oxygens (including phenoxy) is 2. The molecule has 0 bridgehead atoms. The summed E-state index contributed by atoms with van der Waals surface area (Å²) in [7, 11) is 0. The van der Waals surface area contributed by atoms with E-state index < -0.39 is 5.97 Å². The Kier molecular flexibility index (Phi) is 13.2. The number of phenolic OH excluding ortho intramolecular Hbond substituents is 1. The SMILES string of the molecule is C=CCCCCCCOc1ccc(-c2ccc(C(=O)Oc3ccc(C(=O)[C@@H](C)CCCCCC)c(O)c3)cc2)cc1. The van der Waals surface area contributed by atoms with Crippen molar-refractivity contribution in [2.24, 2.45) is 5.92 Å². The Hall–Kier alpha value is -3.86. The van der Waals surface area contributed by atoms with Gasteiger partial charge in [-0.05, 0) is 73.2 Å². The lowest BCUT2D eigenvalue weighted by atomic mass is 9.93. The fraction of sp³-hybridized carbons (Fsp3) is 0.389. The zero-order chi connectivity index (χ0) is 29.5. The van der Waals surface area contributed by atoms with Gasteiger partial charge in [0.15, 0.2) is 5.78 Å². The van der Waals surface area contributed by atoms with Crippen LogP contribution in [0.25, 0.3) is 11.1 Å². The van der Waals surface area contributed by atoms with Gasteiger partial charge in [-0.3, -0.25) is 4.79 Å². The van der Waals surface area contributed by atoms with Gasteiger partial charge < -0.3 is 14.6 Å². The van der Waals surface area contributed by atoms with E-state index in [1.165, 1.54) is 25.0 Å². The first-order chi connectivity index (χ1) is 19.9. The number of hydrogen-bond donors (Lipinski definition) is 1. The quantitative estimate of drug-likeness (QED) is 0.0555. The summed E-state index contributed by atoms with van der Waals surface area (Å²) in [4.78, 5) is 25.5. The van der Waals surface area contributed by atoms with Crippen molar-refractivity contribution in [1.29, 1.82) is 0 Å². The molecule has 0 aliphatic carbocycles. The number of carbonyl (C=O) groups excluding carboxylic acids is 2. The van der Waals surface area contributed by atoms with Crippen molar-refractivity contribution in [3.05, 3.63) is 90.5 Å². The van der Waals surface area contributed by atoms with Crippen LogP contribution in [-0.2, 0) is 0 Å². The Bertz CT molecular complexity index is 1240. The highest BCUT2D eigenvalue weighted by atomic mass is 16.5. The Morgan fingerprint density at radius 2 is 1.46 bits per heavy atom. The maximum atomic E-state index is 12.8. The molecule has 3 aromatic carbocycles. The fourth-order valence-electron chi connectivity index (χ4n) is 4.70. The summed E-state index contributed by atoms with van der Waals surface area (Å²) < 4.78 is 11.3. The molecule has 1 N–H and O–H groups in total. The van der Waals surface area contributed by atoms with Crippen molar-refractivity contribution in [2.75, 3.05) is 6.61 Å². The Morgan fingerprint density at radius 3 is 2.12 bits per heavy atom. The summed E-state index contributed by atoms with van der Waals surface area (Å²) in [6.07, 6.45) is 12.8. The van der Waals surface area contributed by atoms with Crippen molar-refractivity contribution in [1.82, 2.24) is 0 Å². The summed E-state index contributed by atoms with van der Waals surface area (Å²) in [6.45, 7) is 8.51. The first-order valence-corrected chi connectivity index (χ1v) is 15.0. The van der Waals surface area contributed by atoms with Crippen molar-refractivity contribution in [2.45, 2.75) is 78.1 Å². The Balaban J connectivity index is 1.50. The lowest BCUT2D eigenvalue weighted by molar-refractivity contribution is 0.0734. The zero-order valence-corrected chi connectivity index (χ0v) is 24.6. The van der Waals surface area contributed by atoms with Crippen LogP contribution in [0, 0.1) is 5.92 Å². The predicted molar refractivity (Wildman–Crippen MR) is 166 cm³/mol. The van der Waals surface area contributed by atoms with Crippen LogP contribution in [0.5, 0.6) is 17.2 Å². The molecule has 3 aromatic rings. The molecule has 0 aromatic heterocycles. The van der Waals surface area contributed by atoms with Gasteiger partial charge >= 0.3 is 5.97 Å². The molecule has 0 amide bonds. The van der Waals surface area contributed by atoms with Gasteiger partial charge in [-0.1, -0.05) is 82.7 Å². The molecule has 5 heteroatoms. The molecule has 0 radical (unpaired) electrons. The number of phenols is 1. The van der Waals surface area contributed by atoms with E-state index in [9.17, 15) is 14.7 Å². The summed E-state index contributed by atoms with van der Waals surface area (Å²) >= 11 is 0. The molecule has 3 rings (SSSR count). The van der Waals surface area contributed by atoms with E-state index >= 15 is 0 Å². The Morgan fingerprint density at radius 1 is 0.829 bits per heavy atom. The first-order valence-electron chi connectivity index (χ1n) is 15.0. The second-order valence-electron chi connectivity index (χ2n) is 10.6. The first kappa shape index (κ1) is 31.7. The lowest BCUT2D eigenvalue weighted by Gasteiger charge is -2.12. The third kappa shape index (κ3) is 10.2. The molecular formula is C36H44O5. The summed E-state index contributed by atoms with van der Waals surface area (Å²) in [6, 6.07) is 19.5. The van der Waals surface area contributed by atoms with E-state index in [0.29, 0.717) is 12.2 Å². The van der Waals surface area contributed by atoms with Crippen LogP contribution in [0.2, 0.25) is 0 Å². The minimum absolute atomic E-state index is 0.0954. The third-order valence-corrected chi connectivity index (χ3v) is 7.26. The van der Waals surface area contributed by atoms with Crippen LogP contribution in [0.1, 0.15) is 98.8 Å². The number of Topliss-reactive ketones (excluding diaryl/α,β-unsaturated/α-hetero) is 1. The van der Waals surface area contributed by atoms with Gasteiger partial charge in [-0.2, -0.15) is 0 Å². The number of carbonyl (C=O) groups is 2. The van der Waals surface area contributed by atoms with Gasteiger partial charge in [-0.25, -0.2) is 4.79 Å². The normalized spacial score (nSPS) is 11.6. The maximum absolute atomic E-state index is 12.8. The van der Waals surface area contributed by atoms with Crippen LogP contribution in [0.3, 0.4) is 0 Å². The van der Waals surface area contributed by atoms with Gasteiger partial charge in [0, 0.05) is 12.0 Å². The van der Waals surface area contributed by atoms with Gasteiger partial charge in [0.1, 0.15) is 17.2 Å². The molecule has 0 saturated carbocycles. The number of ketones is 1. The van der Waals surface area contributed by atoms with E-state index in [-0.39, 0.29) is 28.8 Å². The molecule has 0 spiro atoms. The van der Waals surface area contributed by atoms with E-state index in [2.05, 4.69) is 13.5 Å². The third-order valence-electron chi connectivity index (χ3n) is 7.26. The maximum Gasteiger partial charge on any atom is 0.343 e. The van der Waals surface area contributed by atoms with Gasteiger partial charge in [-0.15, -0.1) is 6.58 Å². The smallest absolute Gasteiger partial charge is 0.343 e. The van der Waals surface area contributed by atoms with Crippen molar-refractivity contribution < 1.29 is 24.2 Å². The van der Waals surface area contributed by atoms with E-state index in [1.807, 2.05) is 49.4 Å². The predicted octanol–water partition coefficient (Wildman–Crippen LogP) is 9.58. The molecule has 218 valence electrons. The van der Waals surface area contributed by atoms with Gasteiger partial charge in [0.05, 0.1) is 17.7 Å². The number of hydrogen-bond acceptors (Lipinski definition) is 5. The average Bonchev–Trinajstić information content (AvgIpc) is 2.99. The van der Waals surface area contributed by atoms with Crippen molar-refractivity contribution in [3.63, 3.8) is 0 Å². The minimum Gasteiger partial charge on any atom is -0.507 e. The lowest BCUT2D eigenvalue weighted by Crippen LogP contribution is -2.12. The molecule has 0 aliphatic heterocycles. The zero-order valence-electron chi connectivity index (χ0n) is 24.6. The van der Waals surface area contributed by atoms with E-state index in [1.54, 1.807) is 18.2 Å². The summed E-state index contributed by atoms with van der Waals surface area (Å²) in [5, 5.41) is 10.5. The molecule has 1 atom stereocenters. The topological polar surface area (TPSA) is 72.8 Å². The van der Waals surface area contributed by atoms with Crippen LogP contribution < -0.4 is 9.47 Å². The highest BCUT2D eigenvalue weighted by Crippen LogP contribution is 2.28. The van der Waals surface area contributed by atoms with Crippen molar-refractivity contribution >= 4 is 11.8 Å². The molecule has 0 unspecified atom stereocenters. The molecule has 0 saturated heterocycles. The van der Waals surface area contributed by atoms with E-state index in [0.717, 1.165) is 68.2 Å². The minimum atomic E-state index is -0.535. The number of unbranched alkanes of at least 4 members (excludes halogenated alkanes) is 7. The summed E-state index contributed by atoms with van der Waals surface area (Å²) in [5.74, 6) is 0.0610. The largest absolute Gasteiger partial charge is 0.507 e. The molecule has 41 heavy (non-hydrogen) atoms. The molecular weight excluding hydrogens is 512 g/mol. The molecule has 5 nitrogen and oxygen atoms in total. The highest BCUT2D eigenvalue weighted by molar-refractivity contribution is 6.00. The standard InChI is InChI=1S/C36H44O5/c1-4-6-8-10-11-13-25-40-31-21-19-29(20-22-31)28-15-17-30(18-16-28)36(39)41-32-23-24-33(34(37)26-32)35(38)27(3)14-12-9-7-5-2/h4,15-24,26-27,37H,1,5-14,25H2,2-3H3/t27-/m0/s1. The fourth-order valence-corrected chi connectivity index (χ4v) is 4.70. The van der Waals surface area contributed by atoms with E-state index in [4.69, 9.17) is 9.47 Å². The van der Waals surface area contributed by atoms with Gasteiger partial charge in [0.2, 0.25) is 0 Å². The van der Waals surface area contributed by atoms with Gasteiger partial charge in [0.25, 0.3) is 0 Å². The van der Waals surface area contributed by atoms with Crippen LogP contribution in [0.4, 0.5) is 0 Å². The number of aromatic hydroxyl groups is 1. The number of esters is 1. The number of allylic oxidation sites excluding steroid dienone is 1. The van der Waals surface area contributed by atoms with Crippen molar-refractivity contribution in [3.8, 4) is 28.4 Å². The monoisotopic (exact) mass is 556 g/mol. The van der Waals surface area contributed by atoms with Crippen LogP contribution >= 0.6 is 0 Å².